The number of rotatable bonds is 8. The number of hydrogen-bond acceptors (Lipinski definition) is 9. The molecule has 1 aromatic rings. The fourth-order valence-corrected chi connectivity index (χ4v) is 20.8. The van der Waals surface area contributed by atoms with Gasteiger partial charge in [0.2, 0.25) is 0 Å². The summed E-state index contributed by atoms with van der Waals surface area (Å²) in [7, 11) is 1.64. The van der Waals surface area contributed by atoms with Gasteiger partial charge in [-0.2, -0.15) is 0 Å². The lowest BCUT2D eigenvalue weighted by atomic mass is 9.25. The van der Waals surface area contributed by atoms with Crippen molar-refractivity contribution in [3.05, 3.63) is 69.7 Å². The second kappa shape index (κ2) is 15.2. The Morgan fingerprint density at radius 1 is 0.985 bits per heavy atom. The van der Waals surface area contributed by atoms with Gasteiger partial charge >= 0.3 is 0 Å². The van der Waals surface area contributed by atoms with Crippen LogP contribution in [0.15, 0.2) is 48.1 Å². The first-order valence-corrected chi connectivity index (χ1v) is 26.5. The predicted octanol–water partition coefficient (Wildman–Crippen LogP) is 6.20. The second-order valence-corrected chi connectivity index (χ2v) is 25.1. The summed E-state index contributed by atoms with van der Waals surface area (Å²) in [5, 5.41) is 75.9. The highest BCUT2D eigenvalue weighted by Crippen LogP contribution is 2.85. The van der Waals surface area contributed by atoms with Gasteiger partial charge in [-0.05, 0) is 187 Å². The van der Waals surface area contributed by atoms with Gasteiger partial charge < -0.3 is 35.4 Å². The van der Waals surface area contributed by atoms with Crippen LogP contribution in [-0.2, 0) is 9.53 Å². The van der Waals surface area contributed by atoms with Crippen molar-refractivity contribution in [2.24, 2.45) is 79.3 Å². The fraction of sp³-hybridized carbons (Fsp3) is 0.695. The number of hydrogen-bond donors (Lipinski definition) is 6. The van der Waals surface area contributed by atoms with Gasteiger partial charge in [0.1, 0.15) is 6.10 Å². The molecule has 0 amide bonds. The number of ether oxygens (including phenoxy) is 1. The minimum atomic E-state index is -1.41. The summed E-state index contributed by atoms with van der Waals surface area (Å²) in [5.74, 6) is 5.25. The summed E-state index contributed by atoms with van der Waals surface area (Å²) in [6, 6.07) is 3.88. The molecule has 0 saturated heterocycles. The molecular formula is C59H74O9. The van der Waals surface area contributed by atoms with Gasteiger partial charge in [0, 0.05) is 43.5 Å². The monoisotopic (exact) mass is 927 g/mol. The summed E-state index contributed by atoms with van der Waals surface area (Å²) in [6.45, 7) is 6.47. The Morgan fingerprint density at radius 2 is 1.79 bits per heavy atom. The number of carbonyl (C=O) groups is 2. The van der Waals surface area contributed by atoms with Gasteiger partial charge in [0.15, 0.2) is 11.6 Å². The number of aliphatic hydroxyl groups is 6. The Kier molecular flexibility index (Phi) is 10.2. The molecule has 0 aromatic heterocycles. The molecule has 1 aromatic carbocycles. The number of methoxy groups -OCH3 is 1. The smallest absolute Gasteiger partial charge is 0.163 e. The maximum absolute atomic E-state index is 16.6. The highest BCUT2D eigenvalue weighted by atomic mass is 16.5. The lowest BCUT2D eigenvalue weighted by Crippen LogP contribution is -2.78. The first-order valence-electron chi connectivity index (χ1n) is 26.5. The molecule has 0 heterocycles. The summed E-state index contributed by atoms with van der Waals surface area (Å²) in [4.78, 5) is 30.9. The number of Topliss-reactive ketones (excluding diaryl/α,β-unsaturated/α-hetero) is 1. The molecule has 6 N–H and O–H groups in total. The molecule has 6 saturated carbocycles. The zero-order valence-electron chi connectivity index (χ0n) is 40.7. The SMILES string of the molecule is COCCCC(=O)c1cc([C@H](C)O)cc2c1=C[C@@H]1CC[C@@]34CC[C@@H]5[C@@]6([C@H](O)CO)CC=C[C@H](C[C@@H]6O)[C@]5([C@@H]1C=2)[C@H]3C(=O)C=C1[C@H]2C[C@@]3(C)CCC#C[C@@H](O)[C@]25[C@@]2(CCC[C@@H]2C=C[C@]5(O)C[C@]14C)C3. The van der Waals surface area contributed by atoms with E-state index < -0.39 is 69.6 Å². The van der Waals surface area contributed by atoms with Crippen molar-refractivity contribution in [1.29, 1.82) is 0 Å². The average molecular weight is 927 g/mol. The minimum absolute atomic E-state index is 0.00207. The van der Waals surface area contributed by atoms with Gasteiger partial charge in [-0.3, -0.25) is 9.59 Å². The Hall–Kier alpha value is -3.20. The third kappa shape index (κ3) is 5.35. The number of aliphatic hydroxyl groups excluding tert-OH is 5. The summed E-state index contributed by atoms with van der Waals surface area (Å²) in [5.41, 5.74) is -3.85. The van der Waals surface area contributed by atoms with Crippen molar-refractivity contribution in [1.82, 2.24) is 0 Å². The quantitative estimate of drug-likeness (QED) is 0.0772. The fourth-order valence-electron chi connectivity index (χ4n) is 20.8. The second-order valence-electron chi connectivity index (χ2n) is 25.1. The van der Waals surface area contributed by atoms with Crippen molar-refractivity contribution in [2.75, 3.05) is 20.3 Å². The van der Waals surface area contributed by atoms with Crippen LogP contribution in [0, 0.1) is 91.2 Å². The average Bonchev–Trinajstić information content (AvgIpc) is 3.55. The van der Waals surface area contributed by atoms with Crippen molar-refractivity contribution < 1.29 is 45.0 Å². The van der Waals surface area contributed by atoms with E-state index in [0.29, 0.717) is 75.5 Å². The van der Waals surface area contributed by atoms with Crippen LogP contribution >= 0.6 is 0 Å². The molecule has 9 nitrogen and oxygen atoms in total. The molecule has 9 heteroatoms. The minimum Gasteiger partial charge on any atom is -0.394 e. The van der Waals surface area contributed by atoms with Crippen LogP contribution in [0.25, 0.3) is 12.2 Å². The van der Waals surface area contributed by atoms with Crippen LogP contribution in [-0.4, -0.2) is 86.4 Å². The van der Waals surface area contributed by atoms with E-state index in [1.54, 1.807) is 14.0 Å². The third-order valence-corrected chi connectivity index (χ3v) is 22.9. The zero-order chi connectivity index (χ0) is 47.6. The van der Waals surface area contributed by atoms with Gasteiger partial charge in [-0.1, -0.05) is 68.2 Å². The van der Waals surface area contributed by atoms with E-state index in [1.807, 2.05) is 18.2 Å². The number of fused-ring (bicyclic) bond motifs is 8. The van der Waals surface area contributed by atoms with Gasteiger partial charge in [0.05, 0.1) is 35.9 Å². The lowest BCUT2D eigenvalue weighted by Gasteiger charge is -2.78. The van der Waals surface area contributed by atoms with E-state index >= 15 is 4.79 Å². The molecule has 0 radical (unpaired) electrons. The van der Waals surface area contributed by atoms with Crippen molar-refractivity contribution in [3.8, 4) is 11.8 Å². The van der Waals surface area contributed by atoms with Crippen molar-refractivity contribution >= 4 is 23.7 Å². The summed E-state index contributed by atoms with van der Waals surface area (Å²) < 4.78 is 5.34. The van der Waals surface area contributed by atoms with Crippen LogP contribution in [0.5, 0.6) is 0 Å². The Morgan fingerprint density at radius 3 is 2.57 bits per heavy atom. The lowest BCUT2D eigenvalue weighted by molar-refractivity contribution is -0.297. The maximum atomic E-state index is 16.6. The van der Waals surface area contributed by atoms with Crippen LogP contribution in [0.2, 0.25) is 0 Å². The number of ketones is 2. The molecule has 13 aliphatic rings. The van der Waals surface area contributed by atoms with Crippen molar-refractivity contribution in [3.63, 3.8) is 0 Å². The number of carbonyl (C=O) groups excluding carboxylic acids is 2. The molecule has 3 spiro atoms. The summed E-state index contributed by atoms with van der Waals surface area (Å²) >= 11 is 0. The number of allylic oxidation sites excluding steroid dienone is 5. The van der Waals surface area contributed by atoms with Crippen molar-refractivity contribution in [2.45, 2.75) is 154 Å². The van der Waals surface area contributed by atoms with E-state index in [4.69, 9.17) is 4.74 Å². The van der Waals surface area contributed by atoms with Gasteiger partial charge in [0.25, 0.3) is 0 Å². The normalized spacial score (nSPS) is 49.3. The first-order chi connectivity index (χ1) is 32.5. The van der Waals surface area contributed by atoms with Gasteiger partial charge in [-0.15, -0.1) is 5.92 Å². The van der Waals surface area contributed by atoms with E-state index in [-0.39, 0.29) is 57.9 Å². The molecule has 68 heavy (non-hydrogen) atoms. The molecule has 14 rings (SSSR count). The van der Waals surface area contributed by atoms with E-state index in [1.165, 1.54) is 0 Å². The molecular weight excluding hydrogens is 853 g/mol. The Bertz CT molecular complexity index is 2640. The third-order valence-electron chi connectivity index (χ3n) is 22.9. The molecule has 19 atom stereocenters. The Labute approximate surface area is 401 Å². The first kappa shape index (κ1) is 45.9. The number of benzene rings is 1. The van der Waals surface area contributed by atoms with E-state index in [9.17, 15) is 35.4 Å². The van der Waals surface area contributed by atoms with Crippen LogP contribution in [0.1, 0.15) is 146 Å². The highest BCUT2D eigenvalue weighted by molar-refractivity contribution is 5.97. The molecule has 0 aliphatic heterocycles. The van der Waals surface area contributed by atoms with Gasteiger partial charge in [-0.25, -0.2) is 0 Å². The predicted molar refractivity (Wildman–Crippen MR) is 257 cm³/mol. The molecule has 6 bridgehead atoms. The van der Waals surface area contributed by atoms with E-state index in [2.05, 4.69) is 62.1 Å². The van der Waals surface area contributed by atoms with Crippen LogP contribution < -0.4 is 10.4 Å². The van der Waals surface area contributed by atoms with Crippen LogP contribution in [0.3, 0.4) is 0 Å². The molecule has 6 fully saturated rings. The standard InChI is InChI=1S/C59H74O9/c1-34(61)36-24-37-27-42-35(25-40(37)41(26-36)45(62)12-9-23-68-4)14-20-54-21-16-47-57(50(66)31-60)19-8-11-39(28-49(57)65)58(42,47)51(54)46(63)29-43-44-30-52(2)17-6-5-13-48(64)59(44)55(32-52)18-7-10-38(55)15-22-56(59,67)33-53(43,54)3/h8,11,15,22,24-27,29,34-35,38-39,42,44,47-51,60-61,64-67H,6-7,9-10,12,14,16-21,23,28,30-33H2,1-4H3/t34-,35-,38+,39+,42+,44+,47+,48+,49-,50+,51-,52+,53+,54+,55-,56-,57-,58+,59-/m0/s1. The largest absolute Gasteiger partial charge is 0.394 e. The van der Waals surface area contributed by atoms with E-state index in [0.717, 1.165) is 61.0 Å². The highest BCUT2D eigenvalue weighted by Gasteiger charge is 2.84. The molecule has 13 aliphatic carbocycles. The maximum Gasteiger partial charge on any atom is 0.163 e. The topological polar surface area (TPSA) is 165 Å². The van der Waals surface area contributed by atoms with Crippen LogP contribution in [0.4, 0.5) is 0 Å². The Balaban J connectivity index is 1.13. The zero-order valence-corrected chi connectivity index (χ0v) is 40.7. The molecule has 0 unspecified atom stereocenters. The summed E-state index contributed by atoms with van der Waals surface area (Å²) in [6.07, 6.45) is 22.3. The molecule has 364 valence electrons.